The lowest BCUT2D eigenvalue weighted by Crippen LogP contribution is -2.47. The average molecular weight is 461 g/mol. The van der Waals surface area contributed by atoms with E-state index in [4.69, 9.17) is 0 Å². The molecule has 2 nitrogen and oxygen atoms in total. The summed E-state index contributed by atoms with van der Waals surface area (Å²) in [4.78, 5) is 0. The maximum atomic E-state index is 2.75. The molecule has 4 aromatic rings. The predicted octanol–water partition coefficient (Wildman–Crippen LogP) is 8.97. The summed E-state index contributed by atoms with van der Waals surface area (Å²) in [6, 6.07) is 22.8. The first-order valence-corrected chi connectivity index (χ1v) is 17.8. The van der Waals surface area contributed by atoms with Crippen LogP contribution in [0.4, 0.5) is 0 Å². The molecule has 0 fully saturated rings. The van der Waals surface area contributed by atoms with Crippen molar-refractivity contribution >= 4 is 38.3 Å². The SMILES string of the molecule is CC(C)(C)[Si](C)(C)n1c(-c2cc3ccccc3n2[Si](C)(C)C(C)(C)C)cc2ccccc21. The number of hydrogen-bond donors (Lipinski definition) is 0. The van der Waals surface area contributed by atoms with Crippen LogP contribution in [0.3, 0.4) is 0 Å². The second-order valence-electron chi connectivity index (χ2n) is 12.5. The van der Waals surface area contributed by atoms with E-state index >= 15 is 0 Å². The number of aromatic nitrogens is 2. The minimum absolute atomic E-state index is 0.233. The third-order valence-corrected chi connectivity index (χ3v) is 19.0. The summed E-state index contributed by atoms with van der Waals surface area (Å²) in [5.74, 6) is 0. The van der Waals surface area contributed by atoms with E-state index < -0.39 is 16.5 Å². The van der Waals surface area contributed by atoms with Gasteiger partial charge in [0.05, 0.1) is 11.4 Å². The van der Waals surface area contributed by atoms with Gasteiger partial charge >= 0.3 is 0 Å². The molecule has 0 saturated carbocycles. The number of fused-ring (bicyclic) bond motifs is 2. The molecular weight excluding hydrogens is 420 g/mol. The van der Waals surface area contributed by atoms with Crippen molar-refractivity contribution in [3.05, 3.63) is 60.7 Å². The molecule has 4 heteroatoms. The maximum Gasteiger partial charge on any atom is 0.161 e. The molecule has 0 atom stereocenters. The molecule has 2 aromatic heterocycles. The van der Waals surface area contributed by atoms with Crippen molar-refractivity contribution in [2.45, 2.75) is 77.8 Å². The summed E-state index contributed by atoms with van der Waals surface area (Å²) >= 11 is 0. The first-order chi connectivity index (χ1) is 14.7. The molecule has 0 saturated heterocycles. The van der Waals surface area contributed by atoms with E-state index in [1.54, 1.807) is 0 Å². The zero-order valence-corrected chi connectivity index (χ0v) is 23.7. The van der Waals surface area contributed by atoms with Gasteiger partial charge in [-0.05, 0) is 45.1 Å². The van der Waals surface area contributed by atoms with Gasteiger partial charge in [0.2, 0.25) is 0 Å². The van der Waals surface area contributed by atoms with Crippen molar-refractivity contribution < 1.29 is 0 Å². The van der Waals surface area contributed by atoms with Gasteiger partial charge in [-0.3, -0.25) is 0 Å². The van der Waals surface area contributed by atoms with E-state index in [1.165, 1.54) is 33.2 Å². The van der Waals surface area contributed by atoms with Crippen LogP contribution in [0.2, 0.25) is 36.3 Å². The van der Waals surface area contributed by atoms with Crippen molar-refractivity contribution in [3.8, 4) is 11.4 Å². The van der Waals surface area contributed by atoms with Crippen molar-refractivity contribution in [2.75, 3.05) is 0 Å². The fourth-order valence-electron chi connectivity index (χ4n) is 4.56. The Bertz CT molecular complexity index is 1190. The molecular formula is C28H40N2Si2. The Hall–Kier alpha value is -2.05. The largest absolute Gasteiger partial charge is 0.367 e. The normalized spacial score (nSPS) is 13.9. The third kappa shape index (κ3) is 3.34. The third-order valence-electron chi connectivity index (χ3n) is 8.47. The number of rotatable bonds is 3. The van der Waals surface area contributed by atoms with Crippen LogP contribution in [-0.4, -0.2) is 24.9 Å². The second kappa shape index (κ2) is 7.23. The van der Waals surface area contributed by atoms with Crippen molar-refractivity contribution in [2.24, 2.45) is 0 Å². The van der Waals surface area contributed by atoms with E-state index in [9.17, 15) is 0 Å². The lowest BCUT2D eigenvalue weighted by molar-refractivity contribution is 0.700. The smallest absolute Gasteiger partial charge is 0.161 e. The van der Waals surface area contributed by atoms with Crippen LogP contribution in [0.5, 0.6) is 0 Å². The molecule has 170 valence electrons. The van der Waals surface area contributed by atoms with Gasteiger partial charge in [0.15, 0.2) is 16.5 Å². The highest BCUT2D eigenvalue weighted by Crippen LogP contribution is 2.46. The Morgan fingerprint density at radius 1 is 0.531 bits per heavy atom. The molecule has 0 aliphatic carbocycles. The standard InChI is InChI=1S/C28H40N2Si2/c1-27(2,3)31(7,8)29-23-17-13-11-15-21(23)19-25(29)26-20-22-16-12-14-18-24(22)30(26)32(9,10)28(4,5)6/h11-20H,1-10H3. The first-order valence-electron chi connectivity index (χ1n) is 11.9. The lowest BCUT2D eigenvalue weighted by atomic mass is 10.2. The molecule has 4 rings (SSSR count). The van der Waals surface area contributed by atoms with Crippen molar-refractivity contribution in [1.29, 1.82) is 0 Å². The highest BCUT2D eigenvalue weighted by atomic mass is 28.3. The topological polar surface area (TPSA) is 9.86 Å². The summed E-state index contributed by atoms with van der Waals surface area (Å²) in [6.07, 6.45) is 0. The molecule has 0 unspecified atom stereocenters. The molecule has 0 N–H and O–H groups in total. The minimum Gasteiger partial charge on any atom is -0.367 e. The quantitative estimate of drug-likeness (QED) is 0.270. The highest BCUT2D eigenvalue weighted by Gasteiger charge is 2.43. The van der Waals surface area contributed by atoms with Gasteiger partial charge in [-0.25, -0.2) is 0 Å². The van der Waals surface area contributed by atoms with E-state index in [0.29, 0.717) is 0 Å². The Balaban J connectivity index is 2.17. The predicted molar refractivity (Wildman–Crippen MR) is 148 cm³/mol. The lowest BCUT2D eigenvalue weighted by Gasteiger charge is -2.42. The van der Waals surface area contributed by atoms with Gasteiger partial charge in [-0.15, -0.1) is 0 Å². The number of benzene rings is 2. The Labute approximate surface area is 196 Å². The molecule has 0 bridgehead atoms. The van der Waals surface area contributed by atoms with Crippen molar-refractivity contribution in [3.63, 3.8) is 0 Å². The zero-order valence-electron chi connectivity index (χ0n) is 21.7. The highest BCUT2D eigenvalue weighted by molar-refractivity contribution is 6.80. The summed E-state index contributed by atoms with van der Waals surface area (Å²) < 4.78 is 5.50. The van der Waals surface area contributed by atoms with E-state index in [0.717, 1.165) is 0 Å². The van der Waals surface area contributed by atoms with Crippen LogP contribution in [0.15, 0.2) is 60.7 Å². The van der Waals surface area contributed by atoms with Gasteiger partial charge in [-0.1, -0.05) is 104 Å². The number of para-hydroxylation sites is 2. The van der Waals surface area contributed by atoms with E-state index in [1.807, 2.05) is 0 Å². The van der Waals surface area contributed by atoms with E-state index in [2.05, 4.69) is 137 Å². The van der Waals surface area contributed by atoms with Crippen LogP contribution < -0.4 is 0 Å². The van der Waals surface area contributed by atoms with Crippen LogP contribution in [-0.2, 0) is 0 Å². The Morgan fingerprint density at radius 3 is 1.16 bits per heavy atom. The first kappa shape index (κ1) is 23.1. The summed E-state index contributed by atoms with van der Waals surface area (Å²) in [5, 5.41) is 3.16. The van der Waals surface area contributed by atoms with Crippen molar-refractivity contribution in [1.82, 2.24) is 8.47 Å². The monoisotopic (exact) mass is 460 g/mol. The maximum absolute atomic E-state index is 2.75. The average Bonchev–Trinajstić information content (AvgIpc) is 3.25. The fourth-order valence-corrected chi connectivity index (χ4v) is 9.08. The minimum atomic E-state index is -1.88. The van der Waals surface area contributed by atoms with Crippen LogP contribution >= 0.6 is 0 Å². The zero-order chi connectivity index (χ0) is 23.7. The molecule has 0 radical (unpaired) electrons. The van der Waals surface area contributed by atoms with Gasteiger partial charge in [0.25, 0.3) is 0 Å². The second-order valence-corrected chi connectivity index (χ2v) is 22.6. The summed E-state index contributed by atoms with van der Waals surface area (Å²) in [6.45, 7) is 24.6. The van der Waals surface area contributed by atoms with Crippen LogP contribution in [0, 0.1) is 0 Å². The van der Waals surface area contributed by atoms with Gasteiger partial charge in [0, 0.05) is 11.0 Å². The molecule has 2 heterocycles. The Morgan fingerprint density at radius 2 is 0.844 bits per heavy atom. The number of hydrogen-bond acceptors (Lipinski definition) is 0. The van der Waals surface area contributed by atoms with Crippen LogP contribution in [0.1, 0.15) is 41.5 Å². The summed E-state index contributed by atoms with van der Waals surface area (Å²) in [5.41, 5.74) is 5.53. The molecule has 0 amide bonds. The van der Waals surface area contributed by atoms with E-state index in [-0.39, 0.29) is 10.1 Å². The molecule has 0 aliphatic rings. The molecule has 0 aliphatic heterocycles. The van der Waals surface area contributed by atoms with Gasteiger partial charge in [-0.2, -0.15) is 0 Å². The summed E-state index contributed by atoms with van der Waals surface area (Å²) in [7, 11) is -3.76. The van der Waals surface area contributed by atoms with Crippen LogP contribution in [0.25, 0.3) is 33.2 Å². The fraction of sp³-hybridized carbons (Fsp3) is 0.429. The Kier molecular flexibility index (Phi) is 5.22. The molecule has 32 heavy (non-hydrogen) atoms. The van der Waals surface area contributed by atoms with Gasteiger partial charge in [0.1, 0.15) is 0 Å². The van der Waals surface area contributed by atoms with Gasteiger partial charge < -0.3 is 8.47 Å². The number of nitrogens with zero attached hydrogens (tertiary/aromatic N) is 2. The molecule has 0 spiro atoms. The molecule has 2 aromatic carbocycles.